The van der Waals surface area contributed by atoms with Crippen molar-refractivity contribution in [3.8, 4) is 5.75 Å². The number of nitro groups is 1. The third-order valence-corrected chi connectivity index (χ3v) is 4.08. The number of hydrogen-bond acceptors (Lipinski definition) is 6. The summed E-state index contributed by atoms with van der Waals surface area (Å²) >= 11 is 8.24. The molecule has 2 amide bonds. The van der Waals surface area contributed by atoms with E-state index in [2.05, 4.69) is 32.1 Å². The Hall–Kier alpha value is -3.05. The molecule has 2 aromatic rings. The summed E-state index contributed by atoms with van der Waals surface area (Å²) in [6.45, 7) is 1.55. The first-order chi connectivity index (χ1) is 13.3. The number of carbonyl (C=O) groups is 2. The summed E-state index contributed by atoms with van der Waals surface area (Å²) in [4.78, 5) is 34.2. The molecule has 0 saturated heterocycles. The van der Waals surface area contributed by atoms with Crippen molar-refractivity contribution < 1.29 is 19.2 Å². The zero-order valence-electron chi connectivity index (χ0n) is 14.5. The van der Waals surface area contributed by atoms with Gasteiger partial charge in [0.15, 0.2) is 11.7 Å². The molecular weight excluding hydrogens is 452 g/mol. The summed E-state index contributed by atoms with van der Waals surface area (Å²) in [6.07, 6.45) is 0. The van der Waals surface area contributed by atoms with Crippen molar-refractivity contribution in [1.82, 2.24) is 16.2 Å². The van der Waals surface area contributed by atoms with Crippen molar-refractivity contribution in [2.24, 2.45) is 0 Å². The SMILES string of the molecule is Cc1cc(Br)ccc1OCC(=O)NC(=S)NNC(=O)c1ccccc1[N+](=O)[O-]. The number of hydrogen-bond donors (Lipinski definition) is 3. The molecule has 2 aromatic carbocycles. The Morgan fingerprint density at radius 2 is 1.93 bits per heavy atom. The Morgan fingerprint density at radius 3 is 2.61 bits per heavy atom. The molecule has 0 heterocycles. The first kappa shape index (κ1) is 21.3. The minimum Gasteiger partial charge on any atom is -0.483 e. The highest BCUT2D eigenvalue weighted by atomic mass is 79.9. The van der Waals surface area contributed by atoms with Crippen molar-refractivity contribution in [2.45, 2.75) is 6.92 Å². The lowest BCUT2D eigenvalue weighted by molar-refractivity contribution is -0.385. The predicted octanol–water partition coefficient (Wildman–Crippen LogP) is 2.38. The van der Waals surface area contributed by atoms with Crippen molar-refractivity contribution in [3.05, 3.63) is 68.2 Å². The molecule has 0 fully saturated rings. The summed E-state index contributed by atoms with van der Waals surface area (Å²) in [5.41, 5.74) is 4.85. The van der Waals surface area contributed by atoms with Gasteiger partial charge in [-0.15, -0.1) is 0 Å². The number of halogens is 1. The van der Waals surface area contributed by atoms with Gasteiger partial charge in [-0.05, 0) is 49.0 Å². The van der Waals surface area contributed by atoms with Crippen molar-refractivity contribution in [2.75, 3.05) is 6.61 Å². The fraction of sp³-hybridized carbons (Fsp3) is 0.118. The molecule has 0 atom stereocenters. The van der Waals surface area contributed by atoms with Gasteiger partial charge in [0.1, 0.15) is 11.3 Å². The van der Waals surface area contributed by atoms with Gasteiger partial charge in [0.2, 0.25) is 0 Å². The number of benzene rings is 2. The lowest BCUT2D eigenvalue weighted by Crippen LogP contribution is -2.49. The number of nitrogens with zero attached hydrogens (tertiary/aromatic N) is 1. The Morgan fingerprint density at radius 1 is 1.21 bits per heavy atom. The lowest BCUT2D eigenvalue weighted by Gasteiger charge is -2.12. The molecule has 0 bridgehead atoms. The smallest absolute Gasteiger partial charge is 0.282 e. The van der Waals surface area contributed by atoms with E-state index >= 15 is 0 Å². The van der Waals surface area contributed by atoms with Crippen LogP contribution in [0.5, 0.6) is 5.75 Å². The number of nitrogens with one attached hydrogen (secondary N) is 3. The number of hydrazine groups is 1. The van der Waals surface area contributed by atoms with Crippen LogP contribution < -0.4 is 20.9 Å². The highest BCUT2D eigenvalue weighted by Crippen LogP contribution is 2.22. The summed E-state index contributed by atoms with van der Waals surface area (Å²) < 4.78 is 6.30. The maximum atomic E-state index is 12.1. The lowest BCUT2D eigenvalue weighted by atomic mass is 10.2. The largest absolute Gasteiger partial charge is 0.483 e. The molecule has 0 spiro atoms. The average molecular weight is 467 g/mol. The molecule has 28 heavy (non-hydrogen) atoms. The van der Waals surface area contributed by atoms with E-state index in [1.807, 2.05) is 13.0 Å². The van der Waals surface area contributed by atoms with Gasteiger partial charge in [-0.25, -0.2) is 0 Å². The highest BCUT2D eigenvalue weighted by Gasteiger charge is 2.19. The number of ether oxygens (including phenoxy) is 1. The van der Waals surface area contributed by atoms with Crippen LogP contribution in [0.4, 0.5) is 5.69 Å². The second-order valence-corrected chi connectivity index (χ2v) is 6.75. The number of nitro benzene ring substituents is 1. The van der Waals surface area contributed by atoms with Gasteiger partial charge in [-0.2, -0.15) is 0 Å². The number of rotatable bonds is 5. The van der Waals surface area contributed by atoms with Gasteiger partial charge < -0.3 is 4.74 Å². The minimum atomic E-state index is -0.773. The first-order valence-electron chi connectivity index (χ1n) is 7.80. The third kappa shape index (κ3) is 5.99. The molecule has 0 aliphatic carbocycles. The van der Waals surface area contributed by atoms with Gasteiger partial charge in [0.25, 0.3) is 17.5 Å². The third-order valence-electron chi connectivity index (χ3n) is 3.38. The molecule has 0 aliphatic heterocycles. The number of amides is 2. The molecule has 0 aromatic heterocycles. The molecular formula is C17H15BrN4O5S. The van der Waals surface area contributed by atoms with E-state index in [-0.39, 0.29) is 23.0 Å². The maximum Gasteiger partial charge on any atom is 0.282 e. The molecule has 9 nitrogen and oxygen atoms in total. The molecule has 0 unspecified atom stereocenters. The van der Waals surface area contributed by atoms with Crippen molar-refractivity contribution >= 4 is 50.8 Å². The maximum absolute atomic E-state index is 12.1. The summed E-state index contributed by atoms with van der Waals surface area (Å²) in [6, 6.07) is 10.8. The molecule has 0 saturated carbocycles. The van der Waals surface area contributed by atoms with Crippen LogP contribution in [0.2, 0.25) is 0 Å². The van der Waals surface area contributed by atoms with E-state index in [1.165, 1.54) is 24.3 Å². The zero-order chi connectivity index (χ0) is 20.7. The molecule has 146 valence electrons. The summed E-state index contributed by atoms with van der Waals surface area (Å²) in [7, 11) is 0. The topological polar surface area (TPSA) is 123 Å². The Kier molecular flexibility index (Phi) is 7.41. The monoisotopic (exact) mass is 466 g/mol. The van der Waals surface area contributed by atoms with Gasteiger partial charge in [0, 0.05) is 10.5 Å². The van der Waals surface area contributed by atoms with Crippen LogP contribution in [0, 0.1) is 17.0 Å². The number of aryl methyl sites for hydroxylation is 1. The zero-order valence-corrected chi connectivity index (χ0v) is 16.9. The van der Waals surface area contributed by atoms with E-state index in [9.17, 15) is 19.7 Å². The van der Waals surface area contributed by atoms with Crippen molar-refractivity contribution in [1.29, 1.82) is 0 Å². The average Bonchev–Trinajstić information content (AvgIpc) is 2.65. The highest BCUT2D eigenvalue weighted by molar-refractivity contribution is 9.10. The second kappa shape index (κ2) is 9.76. The Labute approximate surface area is 173 Å². The van der Waals surface area contributed by atoms with Gasteiger partial charge >= 0.3 is 0 Å². The fourth-order valence-electron chi connectivity index (χ4n) is 2.12. The Bertz CT molecular complexity index is 938. The van der Waals surface area contributed by atoms with Crippen LogP contribution >= 0.6 is 28.1 Å². The number of para-hydroxylation sites is 1. The predicted molar refractivity (Wildman–Crippen MR) is 109 cm³/mol. The molecule has 3 N–H and O–H groups in total. The summed E-state index contributed by atoms with van der Waals surface area (Å²) in [5, 5.41) is 13.1. The van der Waals surface area contributed by atoms with E-state index < -0.39 is 16.7 Å². The number of carbonyl (C=O) groups excluding carboxylic acids is 2. The fourth-order valence-corrected chi connectivity index (χ4v) is 2.76. The second-order valence-electron chi connectivity index (χ2n) is 5.43. The normalized spacial score (nSPS) is 9.93. The van der Waals surface area contributed by atoms with Crippen LogP contribution in [0.3, 0.4) is 0 Å². The summed E-state index contributed by atoms with van der Waals surface area (Å²) in [5.74, 6) is -0.771. The van der Waals surface area contributed by atoms with Crippen LogP contribution in [-0.2, 0) is 4.79 Å². The van der Waals surface area contributed by atoms with Gasteiger partial charge in [0.05, 0.1) is 4.92 Å². The molecule has 11 heteroatoms. The van der Waals surface area contributed by atoms with Crippen LogP contribution in [0.25, 0.3) is 0 Å². The van der Waals surface area contributed by atoms with Gasteiger partial charge in [-0.1, -0.05) is 28.1 Å². The van der Waals surface area contributed by atoms with E-state index in [0.717, 1.165) is 10.0 Å². The van der Waals surface area contributed by atoms with Crippen LogP contribution in [0.1, 0.15) is 15.9 Å². The number of thiocarbonyl (C=S) groups is 1. The van der Waals surface area contributed by atoms with Crippen LogP contribution in [0.15, 0.2) is 46.9 Å². The molecule has 0 aliphatic rings. The van der Waals surface area contributed by atoms with E-state index in [4.69, 9.17) is 17.0 Å². The standard InChI is InChI=1S/C17H15BrN4O5S/c1-10-8-11(18)6-7-14(10)27-9-15(23)19-17(28)21-20-16(24)12-4-2-3-5-13(12)22(25)26/h2-8H,9H2,1H3,(H,20,24)(H2,19,21,23,28). The van der Waals surface area contributed by atoms with E-state index in [1.54, 1.807) is 12.1 Å². The quantitative estimate of drug-likeness (QED) is 0.351. The minimum absolute atomic E-state index is 0.150. The first-order valence-corrected chi connectivity index (χ1v) is 9.00. The van der Waals surface area contributed by atoms with Gasteiger partial charge in [-0.3, -0.25) is 35.9 Å². The van der Waals surface area contributed by atoms with Crippen LogP contribution in [-0.4, -0.2) is 28.5 Å². The molecule has 2 rings (SSSR count). The van der Waals surface area contributed by atoms with Crippen molar-refractivity contribution in [3.63, 3.8) is 0 Å². The Balaban J connectivity index is 1.83. The van der Waals surface area contributed by atoms with E-state index in [0.29, 0.717) is 5.75 Å². The molecule has 0 radical (unpaired) electrons.